The number of anilines is 1. The molecule has 31 heavy (non-hydrogen) atoms. The minimum atomic E-state index is -0.278. The first-order valence-corrected chi connectivity index (χ1v) is 12.7. The summed E-state index contributed by atoms with van der Waals surface area (Å²) < 4.78 is 0.862. The zero-order valence-corrected chi connectivity index (χ0v) is 20.6. The number of aromatic nitrogens is 2. The van der Waals surface area contributed by atoms with Crippen LogP contribution in [0.4, 0.5) is 5.13 Å². The molecule has 8 nitrogen and oxygen atoms in total. The summed E-state index contributed by atoms with van der Waals surface area (Å²) in [5.41, 5.74) is -0.269. The maximum absolute atomic E-state index is 12.9. The van der Waals surface area contributed by atoms with Gasteiger partial charge in [0.05, 0.1) is 5.92 Å². The molecule has 0 radical (unpaired) electrons. The predicted octanol–water partition coefficient (Wildman–Crippen LogP) is 3.25. The first kappa shape index (κ1) is 24.0. The fourth-order valence-electron chi connectivity index (χ4n) is 3.91. The highest BCUT2D eigenvalue weighted by Gasteiger charge is 2.41. The Morgan fingerprint density at radius 2 is 1.90 bits per heavy atom. The van der Waals surface area contributed by atoms with E-state index in [-0.39, 0.29) is 41.5 Å². The van der Waals surface area contributed by atoms with Crippen molar-refractivity contribution in [3.63, 3.8) is 0 Å². The van der Waals surface area contributed by atoms with E-state index in [0.29, 0.717) is 42.9 Å². The van der Waals surface area contributed by atoms with Gasteiger partial charge >= 0.3 is 0 Å². The maximum Gasteiger partial charge on any atom is 0.229 e. The smallest absolute Gasteiger partial charge is 0.229 e. The first-order valence-electron chi connectivity index (χ1n) is 11.0. The molecule has 10 heteroatoms. The van der Waals surface area contributed by atoms with Crippen molar-refractivity contribution < 1.29 is 14.4 Å². The number of hydrogen-bond donors (Lipinski definition) is 1. The highest BCUT2D eigenvalue weighted by Crippen LogP contribution is 2.31. The van der Waals surface area contributed by atoms with Crippen LogP contribution in [0.3, 0.4) is 0 Å². The van der Waals surface area contributed by atoms with Gasteiger partial charge in [-0.25, -0.2) is 0 Å². The van der Waals surface area contributed by atoms with Gasteiger partial charge < -0.3 is 15.1 Å². The van der Waals surface area contributed by atoms with Crippen molar-refractivity contribution in [3.8, 4) is 0 Å². The summed E-state index contributed by atoms with van der Waals surface area (Å²) in [5, 5.41) is 12.1. The number of likely N-dealkylation sites (tertiary alicyclic amines) is 2. The predicted molar refractivity (Wildman–Crippen MR) is 123 cm³/mol. The van der Waals surface area contributed by atoms with Gasteiger partial charge in [-0.1, -0.05) is 36.9 Å². The van der Waals surface area contributed by atoms with Gasteiger partial charge in [0.2, 0.25) is 22.9 Å². The molecule has 2 aliphatic rings. The number of piperidine rings is 1. The molecule has 2 saturated heterocycles. The molecule has 3 rings (SSSR count). The minimum Gasteiger partial charge on any atom is -0.342 e. The SMILES string of the molecule is CCC(C)Sc1nnc(NC(=O)C2CCN(C(=O)C3CC(=O)N(C(C)(C)C)C3)CC2)s1. The first-order chi connectivity index (χ1) is 14.6. The Hall–Kier alpha value is -1.68. The third kappa shape index (κ3) is 5.97. The van der Waals surface area contributed by atoms with E-state index in [1.54, 1.807) is 16.7 Å². The summed E-state index contributed by atoms with van der Waals surface area (Å²) in [4.78, 5) is 41.5. The molecule has 1 N–H and O–H groups in total. The standard InChI is InChI=1S/C21H33N5O3S2/c1-6-13(2)30-20-24-23-19(31-20)22-17(28)14-7-9-25(10-8-14)18(29)15-11-16(27)26(12-15)21(3,4)5/h13-15H,6-12H2,1-5H3,(H,22,23,28). The van der Waals surface area contributed by atoms with Crippen LogP contribution in [0.5, 0.6) is 0 Å². The summed E-state index contributed by atoms with van der Waals surface area (Å²) >= 11 is 3.07. The van der Waals surface area contributed by atoms with Gasteiger partial charge in [-0.05, 0) is 40.0 Å². The van der Waals surface area contributed by atoms with Crippen molar-refractivity contribution >= 4 is 46.0 Å². The van der Waals surface area contributed by atoms with Crippen molar-refractivity contribution in [2.24, 2.45) is 11.8 Å². The molecule has 1 aromatic heterocycles. The lowest BCUT2D eigenvalue weighted by molar-refractivity contribution is -0.138. The van der Waals surface area contributed by atoms with Crippen molar-refractivity contribution in [2.75, 3.05) is 25.0 Å². The van der Waals surface area contributed by atoms with Gasteiger partial charge in [0.1, 0.15) is 0 Å². The Morgan fingerprint density at radius 3 is 2.48 bits per heavy atom. The lowest BCUT2D eigenvalue weighted by atomic mass is 9.94. The van der Waals surface area contributed by atoms with Gasteiger partial charge in [0, 0.05) is 42.8 Å². The number of carbonyl (C=O) groups is 3. The normalized spacial score (nSPS) is 21.5. The minimum absolute atomic E-state index is 0.0368. The number of carbonyl (C=O) groups excluding carboxylic acids is 3. The van der Waals surface area contributed by atoms with Crippen LogP contribution < -0.4 is 5.32 Å². The molecule has 2 fully saturated rings. The van der Waals surface area contributed by atoms with Crippen LogP contribution >= 0.6 is 23.1 Å². The quantitative estimate of drug-likeness (QED) is 0.510. The molecule has 1 aromatic rings. The van der Waals surface area contributed by atoms with E-state index in [1.165, 1.54) is 11.3 Å². The Morgan fingerprint density at radius 1 is 1.23 bits per heavy atom. The van der Waals surface area contributed by atoms with Gasteiger partial charge in [-0.2, -0.15) is 0 Å². The molecule has 0 aliphatic carbocycles. The van der Waals surface area contributed by atoms with E-state index in [4.69, 9.17) is 0 Å². The maximum atomic E-state index is 12.9. The number of rotatable bonds is 6. The lowest BCUT2D eigenvalue weighted by Gasteiger charge is -2.34. The number of thioether (sulfide) groups is 1. The topological polar surface area (TPSA) is 95.5 Å². The molecule has 3 amide bonds. The molecule has 2 atom stereocenters. The highest BCUT2D eigenvalue weighted by atomic mass is 32.2. The fraction of sp³-hybridized carbons (Fsp3) is 0.762. The van der Waals surface area contributed by atoms with E-state index < -0.39 is 0 Å². The van der Waals surface area contributed by atoms with E-state index in [1.807, 2.05) is 25.7 Å². The Labute approximate surface area is 192 Å². The Balaban J connectivity index is 1.47. The summed E-state index contributed by atoms with van der Waals surface area (Å²) in [5.74, 6) is -0.397. The lowest BCUT2D eigenvalue weighted by Crippen LogP contribution is -2.46. The molecule has 0 aromatic carbocycles. The number of amides is 3. The second-order valence-electron chi connectivity index (χ2n) is 9.37. The highest BCUT2D eigenvalue weighted by molar-refractivity contribution is 8.01. The van der Waals surface area contributed by atoms with Crippen LogP contribution in [0, 0.1) is 11.8 Å². The zero-order chi connectivity index (χ0) is 22.8. The van der Waals surface area contributed by atoms with E-state index in [2.05, 4.69) is 29.4 Å². The van der Waals surface area contributed by atoms with Crippen LogP contribution in [0.25, 0.3) is 0 Å². The summed E-state index contributed by atoms with van der Waals surface area (Å²) in [6.07, 6.45) is 2.57. The number of nitrogens with one attached hydrogen (secondary N) is 1. The van der Waals surface area contributed by atoms with Crippen molar-refractivity contribution in [1.29, 1.82) is 0 Å². The van der Waals surface area contributed by atoms with Crippen LogP contribution in [0.15, 0.2) is 4.34 Å². The van der Waals surface area contributed by atoms with Gasteiger partial charge in [-0.15, -0.1) is 10.2 Å². The van der Waals surface area contributed by atoms with Crippen molar-refractivity contribution in [3.05, 3.63) is 0 Å². The fourth-order valence-corrected chi connectivity index (χ4v) is 5.91. The molecule has 172 valence electrons. The van der Waals surface area contributed by atoms with Gasteiger partial charge in [0.15, 0.2) is 4.34 Å². The van der Waals surface area contributed by atoms with Crippen molar-refractivity contribution in [2.45, 2.75) is 75.4 Å². The summed E-state index contributed by atoms with van der Waals surface area (Å²) in [6, 6.07) is 0. The van der Waals surface area contributed by atoms with E-state index in [0.717, 1.165) is 10.8 Å². The molecule has 2 aliphatic heterocycles. The summed E-state index contributed by atoms with van der Waals surface area (Å²) in [7, 11) is 0. The molecule has 3 heterocycles. The molecule has 0 spiro atoms. The molecule has 0 bridgehead atoms. The molecular formula is C21H33N5O3S2. The van der Waals surface area contributed by atoms with E-state index >= 15 is 0 Å². The summed E-state index contributed by atoms with van der Waals surface area (Å²) in [6.45, 7) is 11.8. The molecule has 2 unspecified atom stereocenters. The Kier molecular flexibility index (Phi) is 7.62. The molecular weight excluding hydrogens is 434 g/mol. The third-order valence-corrected chi connectivity index (χ3v) is 8.17. The van der Waals surface area contributed by atoms with Crippen LogP contribution in [-0.2, 0) is 14.4 Å². The second kappa shape index (κ2) is 9.85. The largest absolute Gasteiger partial charge is 0.342 e. The van der Waals surface area contributed by atoms with Gasteiger partial charge in [-0.3, -0.25) is 14.4 Å². The van der Waals surface area contributed by atoms with E-state index in [9.17, 15) is 14.4 Å². The number of hydrogen-bond acceptors (Lipinski definition) is 7. The van der Waals surface area contributed by atoms with Crippen LogP contribution in [-0.4, -0.2) is 68.1 Å². The van der Waals surface area contributed by atoms with Crippen LogP contribution in [0.2, 0.25) is 0 Å². The average molecular weight is 468 g/mol. The molecule has 0 saturated carbocycles. The zero-order valence-electron chi connectivity index (χ0n) is 19.0. The Bertz CT molecular complexity index is 814. The second-order valence-corrected chi connectivity index (χ2v) is 12.0. The average Bonchev–Trinajstić information content (AvgIpc) is 3.33. The number of nitrogens with zero attached hydrogens (tertiary/aromatic N) is 4. The monoisotopic (exact) mass is 467 g/mol. The van der Waals surface area contributed by atoms with Crippen molar-refractivity contribution in [1.82, 2.24) is 20.0 Å². The third-order valence-electron chi connectivity index (χ3n) is 5.97. The van der Waals surface area contributed by atoms with Gasteiger partial charge in [0.25, 0.3) is 0 Å². The van der Waals surface area contributed by atoms with Crippen LogP contribution in [0.1, 0.15) is 60.3 Å².